The number of hydrogen-bond acceptors (Lipinski definition) is 10. The molecule has 10 atom stereocenters. The first-order valence-electron chi connectivity index (χ1n) is 21.8. The molecule has 8 N–H and O–H groups in total. The van der Waals surface area contributed by atoms with Crippen LogP contribution in [-0.4, -0.2) is 110 Å². The maximum atomic E-state index is 13.0. The monoisotopic (exact) mass is 762 g/mol. The Labute approximate surface area is 322 Å². The predicted molar refractivity (Wildman–Crippen MR) is 210 cm³/mol. The van der Waals surface area contributed by atoms with E-state index in [1.54, 1.807) is 0 Å². The highest BCUT2D eigenvalue weighted by atomic mass is 16.7. The van der Waals surface area contributed by atoms with Crippen LogP contribution in [0.2, 0.25) is 0 Å². The largest absolute Gasteiger partial charge is 0.394 e. The molecule has 0 aliphatic carbocycles. The van der Waals surface area contributed by atoms with E-state index >= 15 is 0 Å². The molecule has 0 unspecified atom stereocenters. The number of ether oxygens (including phenoxy) is 2. The SMILES string of the molecule is CCCCCCCCCCCCCC[C@@H](O)C(=O)N[C@@H](CO[C@@H]1O[C@H](CO)[C@@H](O)[C@H](O)[C@H]1O)[C@H](O)[C@H](O)CCCCCCCCCCC[C@H](C)CCC. The van der Waals surface area contributed by atoms with Crippen LogP contribution in [-0.2, 0) is 14.3 Å². The second kappa shape index (κ2) is 32.2. The summed E-state index contributed by atoms with van der Waals surface area (Å²) in [5.41, 5.74) is 0. The fourth-order valence-electron chi connectivity index (χ4n) is 7.38. The van der Waals surface area contributed by atoms with Gasteiger partial charge in [-0.05, 0) is 18.8 Å². The molecule has 1 rings (SSSR count). The van der Waals surface area contributed by atoms with Crippen LogP contribution in [0.5, 0.6) is 0 Å². The molecule has 0 aromatic carbocycles. The smallest absolute Gasteiger partial charge is 0.249 e. The lowest BCUT2D eigenvalue weighted by Gasteiger charge is -2.40. The zero-order valence-electron chi connectivity index (χ0n) is 33.9. The van der Waals surface area contributed by atoms with Crippen molar-refractivity contribution in [2.75, 3.05) is 13.2 Å². The Morgan fingerprint density at radius 3 is 1.58 bits per heavy atom. The van der Waals surface area contributed by atoms with Crippen LogP contribution in [0.3, 0.4) is 0 Å². The van der Waals surface area contributed by atoms with Crippen LogP contribution in [0.25, 0.3) is 0 Å². The van der Waals surface area contributed by atoms with Gasteiger partial charge in [-0.2, -0.15) is 0 Å². The molecule has 316 valence electrons. The first-order valence-corrected chi connectivity index (χ1v) is 21.8. The Morgan fingerprint density at radius 1 is 0.623 bits per heavy atom. The summed E-state index contributed by atoms with van der Waals surface area (Å²) in [6.45, 7) is 5.77. The zero-order chi connectivity index (χ0) is 39.3. The fraction of sp³-hybridized carbons (Fsp3) is 0.976. The van der Waals surface area contributed by atoms with Gasteiger partial charge >= 0.3 is 0 Å². The van der Waals surface area contributed by atoms with Crippen LogP contribution in [0.15, 0.2) is 0 Å². The summed E-state index contributed by atoms with van der Waals surface area (Å²) >= 11 is 0. The molecule has 0 aromatic rings. The Bertz CT molecular complexity index is 851. The molecule has 11 heteroatoms. The first-order chi connectivity index (χ1) is 25.6. The van der Waals surface area contributed by atoms with Crippen LogP contribution in [0.4, 0.5) is 0 Å². The van der Waals surface area contributed by atoms with Gasteiger partial charge in [-0.3, -0.25) is 4.79 Å². The van der Waals surface area contributed by atoms with E-state index in [4.69, 9.17) is 9.47 Å². The predicted octanol–water partition coefficient (Wildman–Crippen LogP) is 6.19. The molecule has 0 spiro atoms. The molecule has 11 nitrogen and oxygen atoms in total. The number of nitrogens with one attached hydrogen (secondary N) is 1. The number of carbonyl (C=O) groups excluding carboxylic acids is 1. The molecule has 1 aliphatic heterocycles. The lowest BCUT2D eigenvalue weighted by Crippen LogP contribution is -2.60. The van der Waals surface area contributed by atoms with Crippen molar-refractivity contribution in [3.05, 3.63) is 0 Å². The van der Waals surface area contributed by atoms with Crippen molar-refractivity contribution in [3.63, 3.8) is 0 Å². The highest BCUT2D eigenvalue weighted by Crippen LogP contribution is 2.23. The Kier molecular flexibility index (Phi) is 30.5. The van der Waals surface area contributed by atoms with E-state index in [0.29, 0.717) is 19.3 Å². The number of amides is 1. The van der Waals surface area contributed by atoms with Gasteiger partial charge in [0.2, 0.25) is 5.91 Å². The van der Waals surface area contributed by atoms with Crippen molar-refractivity contribution in [1.29, 1.82) is 0 Å². The number of unbranched alkanes of at least 4 members (excludes halogenated alkanes) is 19. The maximum absolute atomic E-state index is 13.0. The zero-order valence-corrected chi connectivity index (χ0v) is 33.9. The highest BCUT2D eigenvalue weighted by molar-refractivity contribution is 5.80. The minimum absolute atomic E-state index is 0.264. The van der Waals surface area contributed by atoms with Crippen molar-refractivity contribution in [2.45, 2.75) is 243 Å². The number of hydrogen-bond donors (Lipinski definition) is 8. The lowest BCUT2D eigenvalue weighted by atomic mass is 9.97. The molecule has 1 aliphatic rings. The van der Waals surface area contributed by atoms with Crippen LogP contribution in [0, 0.1) is 5.92 Å². The Hall–Kier alpha value is -0.890. The molecule has 0 bridgehead atoms. The van der Waals surface area contributed by atoms with Crippen LogP contribution < -0.4 is 5.32 Å². The number of aliphatic hydroxyl groups is 7. The van der Waals surface area contributed by atoms with E-state index in [2.05, 4.69) is 26.1 Å². The van der Waals surface area contributed by atoms with Crippen molar-refractivity contribution in [1.82, 2.24) is 5.32 Å². The van der Waals surface area contributed by atoms with E-state index in [9.17, 15) is 40.5 Å². The van der Waals surface area contributed by atoms with Gasteiger partial charge in [0.05, 0.1) is 25.4 Å². The summed E-state index contributed by atoms with van der Waals surface area (Å²) in [5.74, 6) is 0.133. The molecule has 0 aromatic heterocycles. The second-order valence-electron chi connectivity index (χ2n) is 16.1. The molecule has 0 radical (unpaired) electrons. The maximum Gasteiger partial charge on any atom is 0.249 e. The molecule has 1 fully saturated rings. The molecule has 53 heavy (non-hydrogen) atoms. The van der Waals surface area contributed by atoms with Gasteiger partial charge in [-0.1, -0.05) is 175 Å². The van der Waals surface area contributed by atoms with Crippen LogP contribution >= 0.6 is 0 Å². The van der Waals surface area contributed by atoms with Gasteiger partial charge in [0, 0.05) is 0 Å². The van der Waals surface area contributed by atoms with Gasteiger partial charge in [-0.25, -0.2) is 0 Å². The van der Waals surface area contributed by atoms with Gasteiger partial charge in [0.15, 0.2) is 6.29 Å². The summed E-state index contributed by atoms with van der Waals surface area (Å²) in [5, 5.41) is 75.5. The molecule has 0 saturated carbocycles. The fourth-order valence-corrected chi connectivity index (χ4v) is 7.38. The number of rotatable bonds is 35. The Balaban J connectivity index is 2.51. The third-order valence-electron chi connectivity index (χ3n) is 11.0. The third-order valence-corrected chi connectivity index (χ3v) is 11.0. The average molecular weight is 762 g/mol. The van der Waals surface area contributed by atoms with Crippen LogP contribution in [0.1, 0.15) is 188 Å². The van der Waals surface area contributed by atoms with E-state index in [1.807, 2.05) is 0 Å². The number of carbonyl (C=O) groups is 1. The molecular formula is C42H83NO10. The van der Waals surface area contributed by atoms with E-state index < -0.39 is 74.2 Å². The Morgan fingerprint density at radius 2 is 1.09 bits per heavy atom. The summed E-state index contributed by atoms with van der Waals surface area (Å²) in [7, 11) is 0. The summed E-state index contributed by atoms with van der Waals surface area (Å²) in [6.07, 6.45) is 17.2. The third kappa shape index (κ3) is 23.1. The lowest BCUT2D eigenvalue weighted by molar-refractivity contribution is -0.303. The molecule has 1 amide bonds. The normalized spacial score (nSPS) is 23.4. The van der Waals surface area contributed by atoms with E-state index in [-0.39, 0.29) is 6.42 Å². The first kappa shape index (κ1) is 50.1. The second-order valence-corrected chi connectivity index (χ2v) is 16.1. The molecular weight excluding hydrogens is 678 g/mol. The van der Waals surface area contributed by atoms with Gasteiger partial charge in [0.1, 0.15) is 36.6 Å². The van der Waals surface area contributed by atoms with E-state index in [1.165, 1.54) is 103 Å². The molecule has 1 saturated heterocycles. The van der Waals surface area contributed by atoms with Gasteiger partial charge in [0.25, 0.3) is 0 Å². The summed E-state index contributed by atoms with van der Waals surface area (Å²) < 4.78 is 11.1. The van der Waals surface area contributed by atoms with Gasteiger partial charge < -0.3 is 50.5 Å². The van der Waals surface area contributed by atoms with Crippen molar-refractivity contribution in [3.8, 4) is 0 Å². The summed E-state index contributed by atoms with van der Waals surface area (Å²) in [6, 6.07) is -1.16. The minimum atomic E-state index is -1.66. The minimum Gasteiger partial charge on any atom is -0.394 e. The van der Waals surface area contributed by atoms with Gasteiger partial charge in [-0.15, -0.1) is 0 Å². The van der Waals surface area contributed by atoms with E-state index in [0.717, 1.165) is 44.4 Å². The summed E-state index contributed by atoms with van der Waals surface area (Å²) in [4.78, 5) is 13.0. The van der Waals surface area contributed by atoms with Crippen molar-refractivity contribution < 1.29 is 50.0 Å². The quantitative estimate of drug-likeness (QED) is 0.0346. The highest BCUT2D eigenvalue weighted by Gasteiger charge is 2.44. The van der Waals surface area contributed by atoms with Crippen molar-refractivity contribution >= 4 is 5.91 Å². The topological polar surface area (TPSA) is 189 Å². The number of aliphatic hydroxyl groups excluding tert-OH is 7. The standard InChI is InChI=1S/C42H83NO10/c1-4-6-7-8-9-10-11-12-15-19-22-25-29-35(46)41(51)43-33(31-52-42-40(50)39(49)38(48)36(30-44)53-42)37(47)34(45)28-24-21-18-16-13-14-17-20-23-27-32(3)26-5-2/h32-40,42,44-50H,4-31H2,1-3H3,(H,43,51)/t32-,33+,34-,35-,36-,37+,38-,39+,40-,42-/m1/s1. The molecule has 1 heterocycles. The average Bonchev–Trinajstić information content (AvgIpc) is 3.15. The van der Waals surface area contributed by atoms with Crippen molar-refractivity contribution in [2.24, 2.45) is 5.92 Å².